The quantitative estimate of drug-likeness (QED) is 0.409. The first-order valence-corrected chi connectivity index (χ1v) is 4.41. The molecule has 0 amide bonds. The number of anilines is 1. The second kappa shape index (κ2) is 4.53. The van der Waals surface area contributed by atoms with Gasteiger partial charge < -0.3 is 16.2 Å². The Morgan fingerprint density at radius 3 is 2.62 bits per heavy atom. The molecule has 0 atom stereocenters. The molecule has 7 nitrogen and oxygen atoms in total. The molecule has 0 saturated carbocycles. The fraction of sp³-hybridized carbons (Fsp3) is 0. The van der Waals surface area contributed by atoms with E-state index in [0.717, 1.165) is 6.07 Å². The first-order valence-electron chi connectivity index (χ1n) is 4.00. The number of nitrogens with zero attached hydrogens (tertiary/aromatic N) is 1. The number of nitro benzene ring substituents is 1. The van der Waals surface area contributed by atoms with Crippen LogP contribution in [0, 0.1) is 10.1 Å². The van der Waals surface area contributed by atoms with Gasteiger partial charge in [0, 0.05) is 6.07 Å². The molecule has 0 radical (unpaired) electrons. The van der Waals surface area contributed by atoms with E-state index in [1.54, 1.807) is 0 Å². The Morgan fingerprint density at radius 1 is 1.56 bits per heavy atom. The maximum Gasteiger partial charge on any atom is 0.335 e. The van der Waals surface area contributed by atoms with Gasteiger partial charge >= 0.3 is 5.97 Å². The van der Waals surface area contributed by atoms with Crippen LogP contribution in [0.3, 0.4) is 0 Å². The highest BCUT2D eigenvalue weighted by molar-refractivity contribution is 7.80. The summed E-state index contributed by atoms with van der Waals surface area (Å²) in [5, 5.41) is 21.6. The Balaban J connectivity index is 3.24. The number of benzene rings is 1. The summed E-state index contributed by atoms with van der Waals surface area (Å²) in [6.45, 7) is 0. The first-order chi connectivity index (χ1) is 7.41. The zero-order chi connectivity index (χ0) is 12.3. The van der Waals surface area contributed by atoms with E-state index < -0.39 is 16.6 Å². The third-order valence-corrected chi connectivity index (χ3v) is 1.80. The Hall–Kier alpha value is -2.22. The van der Waals surface area contributed by atoms with Gasteiger partial charge in [0.25, 0.3) is 5.69 Å². The molecule has 1 aromatic carbocycles. The van der Waals surface area contributed by atoms with Crippen molar-refractivity contribution in [2.24, 2.45) is 5.73 Å². The van der Waals surface area contributed by atoms with Crippen molar-refractivity contribution in [3.8, 4) is 0 Å². The maximum atomic E-state index is 10.7. The molecule has 4 N–H and O–H groups in total. The number of hydrogen-bond donors (Lipinski definition) is 3. The lowest BCUT2D eigenvalue weighted by Gasteiger charge is -2.05. The van der Waals surface area contributed by atoms with E-state index in [4.69, 9.17) is 10.8 Å². The van der Waals surface area contributed by atoms with E-state index >= 15 is 0 Å². The Morgan fingerprint density at radius 2 is 2.19 bits per heavy atom. The van der Waals surface area contributed by atoms with Crippen LogP contribution in [0.4, 0.5) is 11.4 Å². The fourth-order valence-electron chi connectivity index (χ4n) is 1.05. The largest absolute Gasteiger partial charge is 0.478 e. The topological polar surface area (TPSA) is 118 Å². The first kappa shape index (κ1) is 11.9. The zero-order valence-corrected chi connectivity index (χ0v) is 8.65. The van der Waals surface area contributed by atoms with Crippen LogP contribution in [0.25, 0.3) is 0 Å². The predicted molar refractivity (Wildman–Crippen MR) is 60.5 cm³/mol. The molecule has 0 saturated heterocycles. The molecule has 1 aromatic rings. The van der Waals surface area contributed by atoms with Crippen LogP contribution in [-0.2, 0) is 0 Å². The van der Waals surface area contributed by atoms with Crippen LogP contribution >= 0.6 is 12.2 Å². The number of hydrogen-bond acceptors (Lipinski definition) is 4. The smallest absolute Gasteiger partial charge is 0.335 e. The lowest BCUT2D eigenvalue weighted by molar-refractivity contribution is -0.383. The normalized spacial score (nSPS) is 9.50. The van der Waals surface area contributed by atoms with E-state index in [1.165, 1.54) is 12.1 Å². The molecule has 0 aliphatic rings. The summed E-state index contributed by atoms with van der Waals surface area (Å²) in [5.41, 5.74) is 4.65. The van der Waals surface area contributed by atoms with Crippen LogP contribution in [0.15, 0.2) is 18.2 Å². The molecule has 0 bridgehead atoms. The molecule has 84 valence electrons. The Bertz CT molecular complexity index is 474. The highest BCUT2D eigenvalue weighted by Gasteiger charge is 2.17. The molecule has 0 heterocycles. The molecule has 8 heteroatoms. The third-order valence-electron chi connectivity index (χ3n) is 1.70. The molecule has 0 aliphatic carbocycles. The van der Waals surface area contributed by atoms with Gasteiger partial charge in [-0.25, -0.2) is 4.79 Å². The number of thiocarbonyl (C=S) groups is 1. The highest BCUT2D eigenvalue weighted by Crippen LogP contribution is 2.25. The van der Waals surface area contributed by atoms with Gasteiger partial charge in [0.05, 0.1) is 10.5 Å². The molecule has 0 fully saturated rings. The molecule has 0 unspecified atom stereocenters. The molecule has 0 aromatic heterocycles. The van der Waals surface area contributed by atoms with Gasteiger partial charge in [0.1, 0.15) is 5.69 Å². The van der Waals surface area contributed by atoms with Crippen molar-refractivity contribution in [2.45, 2.75) is 0 Å². The van der Waals surface area contributed by atoms with E-state index in [1.807, 2.05) is 0 Å². The number of carboxylic acid groups (broad SMARTS) is 1. The number of aromatic carboxylic acids is 1. The number of rotatable bonds is 3. The predicted octanol–water partition coefficient (Wildman–Crippen LogP) is 0.949. The van der Waals surface area contributed by atoms with Crippen LogP contribution in [0.5, 0.6) is 0 Å². The van der Waals surface area contributed by atoms with Crippen LogP contribution in [0.2, 0.25) is 0 Å². The van der Waals surface area contributed by atoms with Crippen molar-refractivity contribution >= 4 is 34.7 Å². The number of nitrogens with one attached hydrogen (secondary N) is 1. The number of carboxylic acids is 1. The second-order valence-electron chi connectivity index (χ2n) is 2.78. The van der Waals surface area contributed by atoms with Gasteiger partial charge in [0.2, 0.25) is 0 Å². The monoisotopic (exact) mass is 241 g/mol. The van der Waals surface area contributed by atoms with E-state index in [0.29, 0.717) is 0 Å². The summed E-state index contributed by atoms with van der Waals surface area (Å²) >= 11 is 4.54. The molecule has 0 spiro atoms. The van der Waals surface area contributed by atoms with Crippen molar-refractivity contribution in [1.29, 1.82) is 0 Å². The van der Waals surface area contributed by atoms with Gasteiger partial charge in [-0.3, -0.25) is 10.1 Å². The van der Waals surface area contributed by atoms with E-state index in [9.17, 15) is 14.9 Å². The summed E-state index contributed by atoms with van der Waals surface area (Å²) in [5.74, 6) is -1.25. The van der Waals surface area contributed by atoms with Gasteiger partial charge in [-0.15, -0.1) is 0 Å². The standard InChI is InChI=1S/C8H7N3O4S/c9-8(16)10-5-2-1-4(7(12)13)3-6(5)11(14)15/h1-3H,(H,12,13)(H3,9,10,16). The maximum absolute atomic E-state index is 10.7. The molecule has 1 rings (SSSR count). The molecular formula is C8H7N3O4S. The van der Waals surface area contributed by atoms with Gasteiger partial charge in [0.15, 0.2) is 5.11 Å². The highest BCUT2D eigenvalue weighted by atomic mass is 32.1. The fourth-order valence-corrected chi connectivity index (χ4v) is 1.16. The lowest BCUT2D eigenvalue weighted by atomic mass is 10.2. The van der Waals surface area contributed by atoms with Gasteiger partial charge in [-0.05, 0) is 24.4 Å². The van der Waals surface area contributed by atoms with Gasteiger partial charge in [-0.2, -0.15) is 0 Å². The van der Waals surface area contributed by atoms with Crippen LogP contribution in [-0.4, -0.2) is 21.1 Å². The summed E-state index contributed by atoms with van der Waals surface area (Å²) in [4.78, 5) is 20.6. The van der Waals surface area contributed by atoms with Crippen molar-refractivity contribution in [2.75, 3.05) is 5.32 Å². The second-order valence-corrected chi connectivity index (χ2v) is 3.22. The molecule has 0 aliphatic heterocycles. The SMILES string of the molecule is NC(=S)Nc1ccc(C(=O)O)cc1[N+](=O)[O-]. The van der Waals surface area contributed by atoms with Crippen molar-refractivity contribution in [3.05, 3.63) is 33.9 Å². The third kappa shape index (κ3) is 2.64. The van der Waals surface area contributed by atoms with E-state index in [2.05, 4.69) is 17.5 Å². The molecular weight excluding hydrogens is 234 g/mol. The average Bonchev–Trinajstić information content (AvgIpc) is 2.16. The van der Waals surface area contributed by atoms with Crippen molar-refractivity contribution in [3.63, 3.8) is 0 Å². The van der Waals surface area contributed by atoms with Crippen molar-refractivity contribution in [1.82, 2.24) is 0 Å². The number of nitro groups is 1. The van der Waals surface area contributed by atoms with Gasteiger partial charge in [-0.1, -0.05) is 0 Å². The number of nitrogens with two attached hydrogens (primary N) is 1. The van der Waals surface area contributed by atoms with Crippen LogP contribution in [0.1, 0.15) is 10.4 Å². The lowest BCUT2D eigenvalue weighted by Crippen LogP contribution is -2.19. The van der Waals surface area contributed by atoms with Crippen molar-refractivity contribution < 1.29 is 14.8 Å². The summed E-state index contributed by atoms with van der Waals surface area (Å²) in [7, 11) is 0. The number of carbonyl (C=O) groups is 1. The average molecular weight is 241 g/mol. The summed E-state index contributed by atoms with van der Waals surface area (Å²) < 4.78 is 0. The minimum Gasteiger partial charge on any atom is -0.478 e. The zero-order valence-electron chi connectivity index (χ0n) is 7.84. The Kier molecular flexibility index (Phi) is 3.36. The van der Waals surface area contributed by atoms with E-state index in [-0.39, 0.29) is 16.4 Å². The minimum absolute atomic E-state index is 0.0579. The van der Waals surface area contributed by atoms with Crippen LogP contribution < -0.4 is 11.1 Å². The summed E-state index contributed by atoms with van der Waals surface area (Å²) in [6.07, 6.45) is 0. The Labute approximate surface area is 95.0 Å². The summed E-state index contributed by atoms with van der Waals surface area (Å²) in [6, 6.07) is 3.39. The minimum atomic E-state index is -1.25. The molecule has 16 heavy (non-hydrogen) atoms.